The maximum Gasteiger partial charge on any atom is 0.242 e. The minimum Gasteiger partial charge on any atom is -0.353 e. The van der Waals surface area contributed by atoms with E-state index in [1.807, 2.05) is 11.8 Å². The number of carbonyl (C=O) groups excluding carboxylic acids is 1. The number of piperazine rings is 1. The molecular formula is C13H25N5O. The molecule has 1 heterocycles. The van der Waals surface area contributed by atoms with Gasteiger partial charge in [0.1, 0.15) is 6.04 Å². The predicted molar refractivity (Wildman–Crippen MR) is 75.4 cm³/mol. The Balaban J connectivity index is 2.10. The van der Waals surface area contributed by atoms with Gasteiger partial charge in [-0.15, -0.1) is 0 Å². The topological polar surface area (TPSA) is 82.8 Å². The lowest BCUT2D eigenvalue weighted by Crippen LogP contribution is -2.60. The van der Waals surface area contributed by atoms with Gasteiger partial charge in [0.05, 0.1) is 6.04 Å². The maximum atomic E-state index is 11.9. The zero-order valence-electron chi connectivity index (χ0n) is 11.7. The molecule has 1 unspecified atom stereocenters. The van der Waals surface area contributed by atoms with Crippen molar-refractivity contribution in [2.24, 2.45) is 10.8 Å². The van der Waals surface area contributed by atoms with Crippen molar-refractivity contribution in [3.63, 3.8) is 0 Å². The number of carbonyl (C=O) groups is 1. The smallest absolute Gasteiger partial charge is 0.242 e. The molecular weight excluding hydrogens is 242 g/mol. The standard InChI is InChI=1S/C13H25N5O/c1-2-11-12(19)15-8-9-18(11)13(17-14)16-10-6-4-3-5-7-10/h10-11H,2-9,14H2,1H3,(H,15,19)(H,16,17). The first kappa shape index (κ1) is 14.1. The Morgan fingerprint density at radius 3 is 2.84 bits per heavy atom. The number of hydrogen-bond acceptors (Lipinski definition) is 3. The molecule has 19 heavy (non-hydrogen) atoms. The SMILES string of the molecule is CCC1C(=O)NCCN1C(=NC1CCCCC1)NN. The third kappa shape index (κ3) is 3.37. The molecule has 0 aromatic heterocycles. The number of hydrazine groups is 1. The summed E-state index contributed by atoms with van der Waals surface area (Å²) < 4.78 is 0. The van der Waals surface area contributed by atoms with Crippen molar-refractivity contribution in [3.05, 3.63) is 0 Å². The Bertz CT molecular complexity index is 338. The lowest BCUT2D eigenvalue weighted by Gasteiger charge is -2.37. The molecule has 0 aromatic carbocycles. The van der Waals surface area contributed by atoms with Gasteiger partial charge in [0.15, 0.2) is 0 Å². The summed E-state index contributed by atoms with van der Waals surface area (Å²) in [6, 6.07) is 0.189. The van der Waals surface area contributed by atoms with E-state index >= 15 is 0 Å². The summed E-state index contributed by atoms with van der Waals surface area (Å²) in [6.07, 6.45) is 6.80. The first-order chi connectivity index (χ1) is 9.26. The summed E-state index contributed by atoms with van der Waals surface area (Å²) in [7, 11) is 0. The van der Waals surface area contributed by atoms with Crippen LogP contribution in [0, 0.1) is 0 Å². The highest BCUT2D eigenvalue weighted by Crippen LogP contribution is 2.21. The second-order valence-corrected chi connectivity index (χ2v) is 5.30. The number of nitrogens with two attached hydrogens (primary N) is 1. The van der Waals surface area contributed by atoms with Gasteiger partial charge in [-0.05, 0) is 19.3 Å². The number of nitrogens with zero attached hydrogens (tertiary/aromatic N) is 2. The van der Waals surface area contributed by atoms with E-state index in [-0.39, 0.29) is 11.9 Å². The van der Waals surface area contributed by atoms with Crippen LogP contribution in [0.3, 0.4) is 0 Å². The molecule has 1 aliphatic heterocycles. The van der Waals surface area contributed by atoms with Gasteiger partial charge in [0, 0.05) is 13.1 Å². The van der Waals surface area contributed by atoms with Gasteiger partial charge in [0.25, 0.3) is 0 Å². The number of rotatable bonds is 2. The molecule has 108 valence electrons. The Kier molecular flexibility index (Phi) is 5.01. The lowest BCUT2D eigenvalue weighted by atomic mass is 9.96. The summed E-state index contributed by atoms with van der Waals surface area (Å²) in [4.78, 5) is 18.6. The van der Waals surface area contributed by atoms with Crippen molar-refractivity contribution in [3.8, 4) is 0 Å². The molecule has 1 atom stereocenters. The first-order valence-electron chi connectivity index (χ1n) is 7.35. The Labute approximate surface area is 114 Å². The van der Waals surface area contributed by atoms with Crippen molar-refractivity contribution < 1.29 is 4.79 Å². The molecule has 1 amide bonds. The van der Waals surface area contributed by atoms with Crippen molar-refractivity contribution in [1.82, 2.24) is 15.6 Å². The van der Waals surface area contributed by atoms with Crippen molar-refractivity contribution >= 4 is 11.9 Å². The first-order valence-corrected chi connectivity index (χ1v) is 7.35. The van der Waals surface area contributed by atoms with Gasteiger partial charge in [0.2, 0.25) is 11.9 Å². The van der Waals surface area contributed by atoms with E-state index in [2.05, 4.69) is 10.7 Å². The average Bonchev–Trinajstić information content (AvgIpc) is 2.45. The highest BCUT2D eigenvalue weighted by atomic mass is 16.2. The molecule has 0 bridgehead atoms. The van der Waals surface area contributed by atoms with Crippen LogP contribution in [-0.2, 0) is 4.79 Å². The van der Waals surface area contributed by atoms with Gasteiger partial charge in [-0.25, -0.2) is 10.8 Å². The fraction of sp³-hybridized carbons (Fsp3) is 0.846. The van der Waals surface area contributed by atoms with E-state index in [4.69, 9.17) is 10.8 Å². The molecule has 2 rings (SSSR count). The highest BCUT2D eigenvalue weighted by Gasteiger charge is 2.30. The maximum absolute atomic E-state index is 11.9. The summed E-state index contributed by atoms with van der Waals surface area (Å²) >= 11 is 0. The van der Waals surface area contributed by atoms with Gasteiger partial charge in [-0.1, -0.05) is 26.2 Å². The summed E-state index contributed by atoms with van der Waals surface area (Å²) in [5.41, 5.74) is 2.70. The number of amides is 1. The minimum absolute atomic E-state index is 0.0698. The fourth-order valence-corrected chi connectivity index (χ4v) is 2.95. The summed E-state index contributed by atoms with van der Waals surface area (Å²) in [6.45, 7) is 3.43. The van der Waals surface area contributed by atoms with Gasteiger partial charge >= 0.3 is 0 Å². The van der Waals surface area contributed by atoms with Crippen LogP contribution in [0.4, 0.5) is 0 Å². The number of aliphatic imine (C=N–C) groups is 1. The van der Waals surface area contributed by atoms with Crippen LogP contribution in [0.5, 0.6) is 0 Å². The van der Waals surface area contributed by atoms with Crippen LogP contribution in [-0.4, -0.2) is 41.9 Å². The lowest BCUT2D eigenvalue weighted by molar-refractivity contribution is -0.127. The van der Waals surface area contributed by atoms with Crippen molar-refractivity contribution in [2.45, 2.75) is 57.5 Å². The molecule has 2 aliphatic rings. The molecule has 1 saturated carbocycles. The van der Waals surface area contributed by atoms with Gasteiger partial charge in [-0.2, -0.15) is 0 Å². The van der Waals surface area contributed by atoms with E-state index in [9.17, 15) is 4.79 Å². The minimum atomic E-state index is -0.160. The molecule has 0 spiro atoms. The van der Waals surface area contributed by atoms with E-state index < -0.39 is 0 Å². The van der Waals surface area contributed by atoms with Crippen LogP contribution in [0.2, 0.25) is 0 Å². The Morgan fingerprint density at radius 2 is 2.21 bits per heavy atom. The normalized spacial score (nSPS) is 26.2. The quantitative estimate of drug-likeness (QED) is 0.292. The largest absolute Gasteiger partial charge is 0.353 e. The second kappa shape index (κ2) is 6.75. The third-order valence-corrected chi connectivity index (χ3v) is 4.00. The van der Waals surface area contributed by atoms with Crippen molar-refractivity contribution in [2.75, 3.05) is 13.1 Å². The number of nitrogens with one attached hydrogen (secondary N) is 2. The van der Waals surface area contributed by atoms with E-state index in [1.165, 1.54) is 19.3 Å². The van der Waals surface area contributed by atoms with E-state index in [1.54, 1.807) is 0 Å². The molecule has 0 radical (unpaired) electrons. The number of hydrogen-bond donors (Lipinski definition) is 3. The third-order valence-electron chi connectivity index (χ3n) is 4.00. The van der Waals surface area contributed by atoms with Gasteiger partial charge < -0.3 is 10.2 Å². The van der Waals surface area contributed by atoms with Crippen LogP contribution >= 0.6 is 0 Å². The van der Waals surface area contributed by atoms with E-state index in [0.29, 0.717) is 18.5 Å². The van der Waals surface area contributed by atoms with Crippen LogP contribution in [0.1, 0.15) is 45.4 Å². The second-order valence-electron chi connectivity index (χ2n) is 5.30. The molecule has 0 aromatic rings. The monoisotopic (exact) mass is 267 g/mol. The Morgan fingerprint density at radius 1 is 1.47 bits per heavy atom. The van der Waals surface area contributed by atoms with Gasteiger partial charge in [-0.3, -0.25) is 10.2 Å². The molecule has 6 nitrogen and oxygen atoms in total. The zero-order valence-corrected chi connectivity index (χ0v) is 11.7. The van der Waals surface area contributed by atoms with Crippen LogP contribution < -0.4 is 16.6 Å². The summed E-state index contributed by atoms with van der Waals surface area (Å²) in [5, 5.41) is 2.89. The Hall–Kier alpha value is -1.30. The molecule has 2 fully saturated rings. The summed E-state index contributed by atoms with van der Waals surface area (Å²) in [5.74, 6) is 6.37. The average molecular weight is 267 g/mol. The molecule has 1 saturated heterocycles. The van der Waals surface area contributed by atoms with Crippen LogP contribution in [0.25, 0.3) is 0 Å². The zero-order chi connectivity index (χ0) is 13.7. The molecule has 4 N–H and O–H groups in total. The molecule has 1 aliphatic carbocycles. The molecule has 6 heteroatoms. The van der Waals surface area contributed by atoms with Crippen LogP contribution in [0.15, 0.2) is 4.99 Å². The van der Waals surface area contributed by atoms with Crippen molar-refractivity contribution in [1.29, 1.82) is 0 Å². The fourth-order valence-electron chi connectivity index (χ4n) is 2.95. The van der Waals surface area contributed by atoms with E-state index in [0.717, 1.165) is 25.8 Å². The number of guanidine groups is 1. The highest BCUT2D eigenvalue weighted by molar-refractivity contribution is 5.90. The predicted octanol–water partition coefficient (Wildman–Crippen LogP) is 0.349.